The molecule has 0 aliphatic rings. The number of aliphatic hydroxyl groups is 1. The monoisotopic (exact) mass is 158 g/mol. The molecular weight excluding hydrogens is 144 g/mol. The lowest BCUT2D eigenvalue weighted by Crippen LogP contribution is -2.22. The number of rotatable bonds is 1. The average Bonchev–Trinajstić information content (AvgIpc) is 1.83. The van der Waals surface area contributed by atoms with Gasteiger partial charge in [0.15, 0.2) is 5.60 Å². The van der Waals surface area contributed by atoms with Crippen molar-refractivity contribution in [3.05, 3.63) is 0 Å². The van der Waals surface area contributed by atoms with Crippen molar-refractivity contribution >= 4 is 0 Å². The summed E-state index contributed by atoms with van der Waals surface area (Å²) in [5.41, 5.74) is -1.96. The topological polar surface area (TPSA) is 49.7 Å². The molecule has 0 spiro atoms. The first-order valence-corrected chi connectivity index (χ1v) is 3.36. The zero-order chi connectivity index (χ0) is 9.12. The fourth-order valence-corrected chi connectivity index (χ4v) is 0.326. The Morgan fingerprint density at radius 1 is 1.09 bits per heavy atom. The molecule has 0 aliphatic heterocycles. The molecule has 0 saturated carbocycles. The van der Waals surface area contributed by atoms with E-state index in [9.17, 15) is 0 Å². The normalized spacial score (nSPS) is 12.2. The van der Waals surface area contributed by atoms with Gasteiger partial charge < -0.3 is 5.11 Å². The van der Waals surface area contributed by atoms with Crippen molar-refractivity contribution in [1.29, 1.82) is 0 Å². The third-order valence-corrected chi connectivity index (χ3v) is 0.898. The van der Waals surface area contributed by atoms with Crippen LogP contribution in [0.4, 0.5) is 0 Å². The Morgan fingerprint density at radius 3 is 1.82 bits per heavy atom. The van der Waals surface area contributed by atoms with Gasteiger partial charge in [-0.15, -0.1) is 0 Å². The Kier molecular flexibility index (Phi) is 3.06. The van der Waals surface area contributed by atoms with Crippen LogP contribution >= 0.6 is 0 Å². The molecule has 0 rings (SSSR count). The van der Waals surface area contributed by atoms with Crippen LogP contribution < -0.4 is 0 Å². The average molecular weight is 158 g/mol. The molecule has 3 heteroatoms. The fourth-order valence-electron chi connectivity index (χ4n) is 0.326. The van der Waals surface area contributed by atoms with E-state index in [-0.39, 0.29) is 0 Å². The third kappa shape index (κ3) is 5.86. The van der Waals surface area contributed by atoms with Crippen LogP contribution in [0.5, 0.6) is 0 Å². The van der Waals surface area contributed by atoms with Crippen LogP contribution in [0.2, 0.25) is 0 Å². The van der Waals surface area contributed by atoms with Crippen molar-refractivity contribution in [1.82, 2.24) is 0 Å². The zero-order valence-electron chi connectivity index (χ0n) is 7.30. The van der Waals surface area contributed by atoms with Gasteiger partial charge in [-0.2, -0.15) is 0 Å². The molecule has 0 amide bonds. The second-order valence-corrected chi connectivity index (χ2v) is 3.41. The first kappa shape index (κ1) is 10.4. The molecule has 11 heavy (non-hydrogen) atoms. The molecule has 2 N–H and O–H groups in total. The van der Waals surface area contributed by atoms with Gasteiger partial charge in [-0.05, 0) is 27.7 Å². The van der Waals surface area contributed by atoms with E-state index in [2.05, 4.69) is 16.7 Å². The van der Waals surface area contributed by atoms with Crippen LogP contribution in [0.25, 0.3) is 0 Å². The summed E-state index contributed by atoms with van der Waals surface area (Å²) in [6.07, 6.45) is 0. The predicted molar refractivity (Wildman–Crippen MR) is 41.9 cm³/mol. The molecular formula is C8H14O3. The molecule has 0 unspecified atom stereocenters. The van der Waals surface area contributed by atoms with Crippen molar-refractivity contribution in [2.45, 2.75) is 38.9 Å². The van der Waals surface area contributed by atoms with Crippen LogP contribution in [0.1, 0.15) is 27.7 Å². The molecule has 0 aliphatic carbocycles. The standard InChI is InChI=1S/C8H14O3/c1-7(2,9)5-6-8(3,4)11-10/h9-10H,1-4H3. The largest absolute Gasteiger partial charge is 0.378 e. The van der Waals surface area contributed by atoms with Gasteiger partial charge in [0.05, 0.1) is 0 Å². The van der Waals surface area contributed by atoms with E-state index < -0.39 is 11.2 Å². The summed E-state index contributed by atoms with van der Waals surface area (Å²) in [5, 5.41) is 17.5. The molecule has 0 fully saturated rings. The number of hydrogen-bond acceptors (Lipinski definition) is 3. The molecule has 0 saturated heterocycles. The van der Waals surface area contributed by atoms with E-state index in [1.165, 1.54) is 0 Å². The van der Waals surface area contributed by atoms with Gasteiger partial charge in [-0.3, -0.25) is 5.26 Å². The smallest absolute Gasteiger partial charge is 0.158 e. The maximum Gasteiger partial charge on any atom is 0.158 e. The van der Waals surface area contributed by atoms with Crippen LogP contribution in [-0.4, -0.2) is 21.6 Å². The van der Waals surface area contributed by atoms with Crippen LogP contribution in [0.15, 0.2) is 0 Å². The Bertz CT molecular complexity index is 178. The second-order valence-electron chi connectivity index (χ2n) is 3.41. The van der Waals surface area contributed by atoms with E-state index in [0.29, 0.717) is 0 Å². The van der Waals surface area contributed by atoms with Gasteiger partial charge in [0, 0.05) is 0 Å². The SMILES string of the molecule is CC(C)(O)C#CC(C)(C)OO. The molecule has 0 heterocycles. The Morgan fingerprint density at radius 2 is 1.55 bits per heavy atom. The lowest BCUT2D eigenvalue weighted by atomic mass is 10.1. The molecule has 0 aromatic heterocycles. The van der Waals surface area contributed by atoms with Crippen LogP contribution in [0, 0.1) is 11.8 Å². The van der Waals surface area contributed by atoms with E-state index in [4.69, 9.17) is 10.4 Å². The second kappa shape index (κ2) is 3.22. The highest BCUT2D eigenvalue weighted by Crippen LogP contribution is 2.06. The molecule has 0 bridgehead atoms. The van der Waals surface area contributed by atoms with E-state index in [1.807, 2.05) is 0 Å². The maximum atomic E-state index is 9.17. The zero-order valence-corrected chi connectivity index (χ0v) is 7.30. The Hall–Kier alpha value is -0.560. The van der Waals surface area contributed by atoms with Gasteiger partial charge in [0.2, 0.25) is 0 Å². The molecule has 0 radical (unpaired) electrons. The van der Waals surface area contributed by atoms with E-state index in [1.54, 1.807) is 27.7 Å². The molecule has 0 aromatic rings. The predicted octanol–water partition coefficient (Wildman–Crippen LogP) is 1.03. The fraction of sp³-hybridized carbons (Fsp3) is 0.750. The van der Waals surface area contributed by atoms with Gasteiger partial charge in [0.25, 0.3) is 0 Å². The minimum Gasteiger partial charge on any atom is -0.378 e. The minimum absolute atomic E-state index is 0.917. The van der Waals surface area contributed by atoms with Crippen molar-refractivity contribution in [2.75, 3.05) is 0 Å². The van der Waals surface area contributed by atoms with Gasteiger partial charge in [0.1, 0.15) is 5.60 Å². The van der Waals surface area contributed by atoms with Crippen molar-refractivity contribution in [3.8, 4) is 11.8 Å². The number of hydrogen-bond donors (Lipinski definition) is 2. The van der Waals surface area contributed by atoms with Crippen molar-refractivity contribution < 1.29 is 15.3 Å². The third-order valence-electron chi connectivity index (χ3n) is 0.898. The molecule has 64 valence electrons. The highest BCUT2D eigenvalue weighted by atomic mass is 17.1. The van der Waals surface area contributed by atoms with Gasteiger partial charge >= 0.3 is 0 Å². The summed E-state index contributed by atoms with van der Waals surface area (Å²) in [6, 6.07) is 0. The lowest BCUT2D eigenvalue weighted by molar-refractivity contribution is -0.293. The van der Waals surface area contributed by atoms with Crippen LogP contribution in [-0.2, 0) is 4.89 Å². The highest BCUT2D eigenvalue weighted by molar-refractivity contribution is 5.17. The molecule has 0 atom stereocenters. The summed E-state index contributed by atoms with van der Waals surface area (Å²) in [7, 11) is 0. The summed E-state index contributed by atoms with van der Waals surface area (Å²) in [6.45, 7) is 6.33. The van der Waals surface area contributed by atoms with Crippen LogP contribution in [0.3, 0.4) is 0 Å². The first-order chi connectivity index (χ1) is 4.77. The van der Waals surface area contributed by atoms with E-state index in [0.717, 1.165) is 0 Å². The molecule has 3 nitrogen and oxygen atoms in total. The van der Waals surface area contributed by atoms with Crippen molar-refractivity contribution in [2.24, 2.45) is 0 Å². The Balaban J connectivity index is 4.29. The van der Waals surface area contributed by atoms with Gasteiger partial charge in [-0.25, -0.2) is 4.89 Å². The van der Waals surface area contributed by atoms with Gasteiger partial charge in [-0.1, -0.05) is 11.8 Å². The summed E-state index contributed by atoms with van der Waals surface area (Å²) in [5.74, 6) is 5.11. The molecule has 0 aromatic carbocycles. The highest BCUT2D eigenvalue weighted by Gasteiger charge is 2.15. The quantitative estimate of drug-likeness (QED) is 0.340. The van der Waals surface area contributed by atoms with Crippen molar-refractivity contribution in [3.63, 3.8) is 0 Å². The first-order valence-electron chi connectivity index (χ1n) is 3.36. The minimum atomic E-state index is -1.05. The van der Waals surface area contributed by atoms with E-state index >= 15 is 0 Å². The summed E-state index contributed by atoms with van der Waals surface area (Å²) >= 11 is 0. The summed E-state index contributed by atoms with van der Waals surface area (Å²) < 4.78 is 0. The lowest BCUT2D eigenvalue weighted by Gasteiger charge is -2.13. The summed E-state index contributed by atoms with van der Waals surface area (Å²) in [4.78, 5) is 4.05. The maximum absolute atomic E-state index is 9.17. The Labute approximate surface area is 66.9 Å².